The molecule has 0 bridgehead atoms. The van der Waals surface area contributed by atoms with E-state index < -0.39 is 6.67 Å². The first-order valence-corrected chi connectivity index (χ1v) is 13.2. The van der Waals surface area contributed by atoms with Crippen LogP contribution >= 0.6 is 23.2 Å². The predicted octanol–water partition coefficient (Wildman–Crippen LogP) is 6.28. The average molecular weight is 532 g/mol. The van der Waals surface area contributed by atoms with E-state index in [9.17, 15) is 14.4 Å². The molecular weight excluding hydrogens is 500 g/mol. The molecular formula is C27H32Cl2FN5O. The number of alkyl halides is 1. The van der Waals surface area contributed by atoms with Gasteiger partial charge < -0.3 is 10.2 Å². The molecule has 1 aromatic heterocycles. The molecule has 1 N–H and O–H groups in total. The Morgan fingerprint density at radius 2 is 2.00 bits per heavy atom. The van der Waals surface area contributed by atoms with Gasteiger partial charge in [-0.3, -0.25) is 4.90 Å². The third kappa shape index (κ3) is 5.94. The second kappa shape index (κ2) is 11.3. The Kier molecular flexibility index (Phi) is 8.39. The summed E-state index contributed by atoms with van der Waals surface area (Å²) in [7, 11) is 0. The van der Waals surface area contributed by atoms with Crippen molar-refractivity contribution in [2.45, 2.75) is 57.0 Å². The first-order valence-electron chi connectivity index (χ1n) is 12.5. The van der Waals surface area contributed by atoms with Gasteiger partial charge in [-0.25, -0.2) is 14.2 Å². The topological polar surface area (TPSA) is 72.3 Å². The SMILES string of the molecule is CC(C)N(CCF)CCN(C(=O)Nc1cc(Cl)nc(Cl)c1)[C@@H]1CC[C@@]2(c3cccc(C#N)c3)CC2C1. The van der Waals surface area contributed by atoms with E-state index >= 15 is 0 Å². The number of benzene rings is 1. The van der Waals surface area contributed by atoms with Crippen LogP contribution in [0.4, 0.5) is 14.9 Å². The Morgan fingerprint density at radius 3 is 2.64 bits per heavy atom. The van der Waals surface area contributed by atoms with Crippen molar-refractivity contribution in [2.24, 2.45) is 5.92 Å². The Bertz CT molecular complexity index is 1120. The van der Waals surface area contributed by atoms with Crippen molar-refractivity contribution in [3.63, 3.8) is 0 Å². The molecule has 1 heterocycles. The number of aromatic nitrogens is 1. The fourth-order valence-corrected chi connectivity index (χ4v) is 6.16. The number of carbonyl (C=O) groups excluding carboxylic acids is 1. The van der Waals surface area contributed by atoms with Gasteiger partial charge in [-0.1, -0.05) is 35.3 Å². The number of nitrogens with zero attached hydrogens (tertiary/aromatic N) is 4. The maximum Gasteiger partial charge on any atom is 0.322 e. The minimum atomic E-state index is -0.422. The number of fused-ring (bicyclic) bond motifs is 1. The number of nitrogens with one attached hydrogen (secondary N) is 1. The summed E-state index contributed by atoms with van der Waals surface area (Å²) in [5.74, 6) is 0.470. The van der Waals surface area contributed by atoms with Gasteiger partial charge in [-0.15, -0.1) is 0 Å². The number of pyridine rings is 1. The number of anilines is 1. The average Bonchev–Trinajstić information content (AvgIpc) is 3.58. The first-order chi connectivity index (χ1) is 17.3. The molecule has 6 nitrogen and oxygen atoms in total. The molecule has 2 saturated carbocycles. The number of urea groups is 1. The Hall–Kier alpha value is -2.40. The molecule has 1 unspecified atom stereocenters. The lowest BCUT2D eigenvalue weighted by molar-refractivity contribution is 0.132. The molecule has 0 aliphatic heterocycles. The van der Waals surface area contributed by atoms with E-state index in [0.29, 0.717) is 36.8 Å². The Labute approximate surface area is 222 Å². The summed E-state index contributed by atoms with van der Waals surface area (Å²) in [5, 5.41) is 12.7. The van der Waals surface area contributed by atoms with Crippen LogP contribution in [-0.4, -0.2) is 59.2 Å². The van der Waals surface area contributed by atoms with Gasteiger partial charge in [0.15, 0.2) is 0 Å². The van der Waals surface area contributed by atoms with E-state index in [4.69, 9.17) is 23.2 Å². The van der Waals surface area contributed by atoms with Crippen LogP contribution in [0.5, 0.6) is 0 Å². The minimum Gasteiger partial charge on any atom is -0.320 e. The summed E-state index contributed by atoms with van der Waals surface area (Å²) >= 11 is 12.1. The zero-order valence-electron chi connectivity index (χ0n) is 20.7. The van der Waals surface area contributed by atoms with Crippen molar-refractivity contribution < 1.29 is 9.18 Å². The molecule has 0 spiro atoms. The number of halogens is 3. The molecule has 36 heavy (non-hydrogen) atoms. The van der Waals surface area contributed by atoms with Crippen LogP contribution in [0, 0.1) is 17.2 Å². The molecule has 2 amide bonds. The van der Waals surface area contributed by atoms with Crippen LogP contribution in [0.1, 0.15) is 50.7 Å². The normalized spacial score (nSPS) is 22.7. The van der Waals surface area contributed by atoms with Gasteiger partial charge in [0.1, 0.15) is 17.0 Å². The van der Waals surface area contributed by atoms with Gasteiger partial charge in [-0.2, -0.15) is 5.26 Å². The predicted molar refractivity (Wildman–Crippen MR) is 141 cm³/mol. The van der Waals surface area contributed by atoms with Crippen LogP contribution in [0.25, 0.3) is 0 Å². The van der Waals surface area contributed by atoms with E-state index in [0.717, 1.165) is 25.7 Å². The van der Waals surface area contributed by atoms with E-state index in [1.165, 1.54) is 5.56 Å². The molecule has 0 saturated heterocycles. The van der Waals surface area contributed by atoms with Gasteiger partial charge >= 0.3 is 6.03 Å². The molecule has 2 fully saturated rings. The fourth-order valence-electron chi connectivity index (χ4n) is 5.70. The number of hydrogen-bond donors (Lipinski definition) is 1. The molecule has 3 atom stereocenters. The minimum absolute atomic E-state index is 0.0666. The van der Waals surface area contributed by atoms with Crippen molar-refractivity contribution in [1.29, 1.82) is 5.26 Å². The summed E-state index contributed by atoms with van der Waals surface area (Å²) in [6.45, 7) is 5.07. The lowest BCUT2D eigenvalue weighted by atomic mass is 9.80. The third-order valence-corrected chi connectivity index (χ3v) is 8.11. The van der Waals surface area contributed by atoms with Crippen molar-refractivity contribution in [3.05, 3.63) is 57.8 Å². The van der Waals surface area contributed by atoms with E-state index in [2.05, 4.69) is 27.3 Å². The van der Waals surface area contributed by atoms with Gasteiger partial charge in [0, 0.05) is 37.4 Å². The smallest absolute Gasteiger partial charge is 0.320 e. The lowest BCUT2D eigenvalue weighted by Crippen LogP contribution is -2.49. The van der Waals surface area contributed by atoms with Crippen LogP contribution < -0.4 is 5.32 Å². The molecule has 2 aliphatic carbocycles. The quantitative estimate of drug-likeness (QED) is 0.386. The number of amides is 2. The highest BCUT2D eigenvalue weighted by molar-refractivity contribution is 6.32. The fraction of sp³-hybridized carbons (Fsp3) is 0.519. The molecule has 4 rings (SSSR count). The van der Waals surface area contributed by atoms with Gasteiger partial charge in [0.25, 0.3) is 0 Å². The first kappa shape index (κ1) is 26.7. The van der Waals surface area contributed by atoms with Gasteiger partial charge in [0.05, 0.1) is 11.6 Å². The standard InChI is InChI=1S/C27H32Cl2FN5O/c1-18(2)34(9-8-30)10-11-35(26(36)32-22-14-24(28)33-25(29)15-22)23-6-7-27(16-21(27)13-23)20-5-3-4-19(12-20)17-31/h3-5,12,14-15,18,21,23H,6-11,13,16H2,1-2H3,(H,32,33,36)/t21?,23-,27+/m1/s1. The van der Waals surface area contributed by atoms with Crippen LogP contribution in [-0.2, 0) is 5.41 Å². The summed E-state index contributed by atoms with van der Waals surface area (Å²) in [6, 6.07) is 13.3. The number of carbonyl (C=O) groups is 1. The Balaban J connectivity index is 1.50. The highest BCUT2D eigenvalue weighted by atomic mass is 35.5. The van der Waals surface area contributed by atoms with Crippen molar-refractivity contribution >= 4 is 34.9 Å². The van der Waals surface area contributed by atoms with E-state index in [-0.39, 0.29) is 33.8 Å². The van der Waals surface area contributed by atoms with Gasteiger partial charge in [-0.05, 0) is 80.7 Å². The second-order valence-electron chi connectivity index (χ2n) is 10.1. The molecule has 9 heteroatoms. The number of rotatable bonds is 9. The monoisotopic (exact) mass is 531 g/mol. The van der Waals surface area contributed by atoms with Crippen molar-refractivity contribution in [1.82, 2.24) is 14.8 Å². The van der Waals surface area contributed by atoms with Crippen LogP contribution in [0.15, 0.2) is 36.4 Å². The maximum atomic E-state index is 13.5. The zero-order chi connectivity index (χ0) is 25.9. The summed E-state index contributed by atoms with van der Waals surface area (Å²) in [6.07, 6.45) is 3.80. The summed E-state index contributed by atoms with van der Waals surface area (Å²) < 4.78 is 13.1. The molecule has 1 aromatic carbocycles. The molecule has 192 valence electrons. The largest absolute Gasteiger partial charge is 0.322 e. The number of nitriles is 1. The van der Waals surface area contributed by atoms with Gasteiger partial charge in [0.2, 0.25) is 0 Å². The second-order valence-corrected chi connectivity index (χ2v) is 10.9. The molecule has 0 radical (unpaired) electrons. The van der Waals surface area contributed by atoms with Crippen molar-refractivity contribution in [3.8, 4) is 6.07 Å². The summed E-state index contributed by atoms with van der Waals surface area (Å²) in [4.78, 5) is 21.4. The third-order valence-electron chi connectivity index (χ3n) is 7.72. The maximum absolute atomic E-state index is 13.5. The highest BCUT2D eigenvalue weighted by Crippen LogP contribution is 2.62. The van der Waals surface area contributed by atoms with Crippen LogP contribution in [0.2, 0.25) is 10.3 Å². The Morgan fingerprint density at radius 1 is 1.25 bits per heavy atom. The molecule has 2 aromatic rings. The van der Waals surface area contributed by atoms with Crippen molar-refractivity contribution in [2.75, 3.05) is 31.6 Å². The summed E-state index contributed by atoms with van der Waals surface area (Å²) in [5.41, 5.74) is 2.52. The molecule has 2 aliphatic rings. The lowest BCUT2D eigenvalue weighted by Gasteiger charge is -2.38. The van der Waals surface area contributed by atoms with Crippen LogP contribution in [0.3, 0.4) is 0 Å². The van der Waals surface area contributed by atoms with E-state index in [1.807, 2.05) is 36.9 Å². The number of hydrogen-bond acceptors (Lipinski definition) is 4. The zero-order valence-corrected chi connectivity index (χ0v) is 22.2. The highest BCUT2D eigenvalue weighted by Gasteiger charge is 2.58. The van der Waals surface area contributed by atoms with E-state index in [1.54, 1.807) is 12.1 Å².